The first-order valence-corrected chi connectivity index (χ1v) is 7.14. The molecule has 0 spiro atoms. The number of ether oxygens (including phenoxy) is 1. The molecule has 108 valence electrons. The summed E-state index contributed by atoms with van der Waals surface area (Å²) in [6.45, 7) is 7.77. The predicted octanol–water partition coefficient (Wildman–Crippen LogP) is 4.67. The Hall–Kier alpha value is -1.83. The molecule has 0 fully saturated rings. The van der Waals surface area contributed by atoms with Gasteiger partial charge in [-0.3, -0.25) is 4.79 Å². The Labute approximate surface area is 122 Å². The molecule has 20 heavy (non-hydrogen) atoms. The Morgan fingerprint density at radius 2 is 2.05 bits per heavy atom. The van der Waals surface area contributed by atoms with E-state index in [9.17, 15) is 4.79 Å². The third kappa shape index (κ3) is 6.93. The van der Waals surface area contributed by atoms with Gasteiger partial charge in [-0.05, 0) is 43.7 Å². The van der Waals surface area contributed by atoms with Gasteiger partial charge < -0.3 is 4.74 Å². The third-order valence-electron chi connectivity index (χ3n) is 3.13. The van der Waals surface area contributed by atoms with E-state index in [1.807, 2.05) is 49.4 Å². The summed E-state index contributed by atoms with van der Waals surface area (Å²) in [6, 6.07) is 9.64. The molecule has 0 amide bonds. The second kappa shape index (κ2) is 9.13. The molecule has 0 aromatic heterocycles. The van der Waals surface area contributed by atoms with E-state index >= 15 is 0 Å². The first-order chi connectivity index (χ1) is 9.61. The van der Waals surface area contributed by atoms with Crippen LogP contribution < -0.4 is 0 Å². The lowest BCUT2D eigenvalue weighted by Gasteiger charge is -2.07. The molecule has 0 saturated heterocycles. The predicted molar refractivity (Wildman–Crippen MR) is 83.2 cm³/mol. The topological polar surface area (TPSA) is 26.3 Å². The zero-order valence-electron chi connectivity index (χ0n) is 12.5. The van der Waals surface area contributed by atoms with E-state index < -0.39 is 0 Å². The second-order valence-electron chi connectivity index (χ2n) is 5.16. The van der Waals surface area contributed by atoms with Gasteiger partial charge in [0.25, 0.3) is 0 Å². The van der Waals surface area contributed by atoms with E-state index in [4.69, 9.17) is 4.74 Å². The molecule has 0 radical (unpaired) electrons. The van der Waals surface area contributed by atoms with Gasteiger partial charge >= 0.3 is 5.97 Å². The zero-order valence-corrected chi connectivity index (χ0v) is 12.5. The Bertz CT molecular complexity index is 446. The SMILES string of the molecule is C=CCC(C)CC/C=C(\C)OC(=O)Cc1ccccc1. The van der Waals surface area contributed by atoms with Crippen LogP contribution in [0.15, 0.2) is 54.8 Å². The highest BCUT2D eigenvalue weighted by Crippen LogP contribution is 2.12. The van der Waals surface area contributed by atoms with Crippen LogP contribution in [0.1, 0.15) is 38.7 Å². The Kier molecular flexibility index (Phi) is 7.41. The fourth-order valence-corrected chi connectivity index (χ4v) is 1.99. The fraction of sp³-hybridized carbons (Fsp3) is 0.389. The Balaban J connectivity index is 2.32. The number of hydrogen-bond donors (Lipinski definition) is 0. The molecular formula is C18H24O2. The summed E-state index contributed by atoms with van der Waals surface area (Å²) in [4.78, 5) is 11.7. The molecule has 2 nitrogen and oxygen atoms in total. The second-order valence-corrected chi connectivity index (χ2v) is 5.16. The zero-order chi connectivity index (χ0) is 14.8. The van der Waals surface area contributed by atoms with Crippen LogP contribution >= 0.6 is 0 Å². The lowest BCUT2D eigenvalue weighted by molar-refractivity contribution is -0.138. The molecule has 0 saturated carbocycles. The molecule has 0 heterocycles. The van der Waals surface area contributed by atoms with Crippen molar-refractivity contribution in [1.29, 1.82) is 0 Å². The summed E-state index contributed by atoms with van der Waals surface area (Å²) < 4.78 is 5.30. The van der Waals surface area contributed by atoms with Gasteiger partial charge in [0.2, 0.25) is 0 Å². The maximum Gasteiger partial charge on any atom is 0.315 e. The van der Waals surface area contributed by atoms with E-state index in [0.717, 1.165) is 24.8 Å². The van der Waals surface area contributed by atoms with Crippen molar-refractivity contribution in [2.45, 2.75) is 39.5 Å². The maximum absolute atomic E-state index is 11.7. The maximum atomic E-state index is 11.7. The molecule has 0 N–H and O–H groups in total. The van der Waals surface area contributed by atoms with Gasteiger partial charge in [0.15, 0.2) is 0 Å². The number of esters is 1. The van der Waals surface area contributed by atoms with Crippen molar-refractivity contribution in [1.82, 2.24) is 0 Å². The van der Waals surface area contributed by atoms with Crippen LogP contribution in [-0.2, 0) is 16.0 Å². The summed E-state index contributed by atoms with van der Waals surface area (Å²) in [7, 11) is 0. The van der Waals surface area contributed by atoms with Crippen molar-refractivity contribution < 1.29 is 9.53 Å². The number of allylic oxidation sites excluding steroid dienone is 3. The van der Waals surface area contributed by atoms with E-state index in [1.165, 1.54) is 0 Å². The van der Waals surface area contributed by atoms with E-state index in [0.29, 0.717) is 18.1 Å². The number of hydrogen-bond acceptors (Lipinski definition) is 2. The average molecular weight is 272 g/mol. The normalized spacial score (nSPS) is 12.8. The largest absolute Gasteiger partial charge is 0.431 e. The molecule has 1 atom stereocenters. The van der Waals surface area contributed by atoms with E-state index in [-0.39, 0.29) is 5.97 Å². The minimum absolute atomic E-state index is 0.205. The number of rotatable bonds is 8. The van der Waals surface area contributed by atoms with Gasteiger partial charge in [-0.2, -0.15) is 0 Å². The molecular weight excluding hydrogens is 248 g/mol. The summed E-state index contributed by atoms with van der Waals surface area (Å²) >= 11 is 0. The number of carbonyl (C=O) groups is 1. The first kappa shape index (κ1) is 16.2. The molecule has 2 heteroatoms. The van der Waals surface area contributed by atoms with Crippen LogP contribution in [0, 0.1) is 5.92 Å². The van der Waals surface area contributed by atoms with Gasteiger partial charge in [0.1, 0.15) is 5.76 Å². The molecule has 1 unspecified atom stereocenters. The Morgan fingerprint density at radius 1 is 1.35 bits per heavy atom. The van der Waals surface area contributed by atoms with Crippen LogP contribution in [-0.4, -0.2) is 5.97 Å². The summed E-state index contributed by atoms with van der Waals surface area (Å²) in [5.74, 6) is 1.11. The third-order valence-corrected chi connectivity index (χ3v) is 3.13. The van der Waals surface area contributed by atoms with E-state index in [2.05, 4.69) is 13.5 Å². The van der Waals surface area contributed by atoms with Crippen molar-refractivity contribution in [2.24, 2.45) is 5.92 Å². The van der Waals surface area contributed by atoms with Gasteiger partial charge in [-0.1, -0.05) is 43.3 Å². The van der Waals surface area contributed by atoms with E-state index in [1.54, 1.807) is 0 Å². The van der Waals surface area contributed by atoms with Crippen molar-refractivity contribution in [3.63, 3.8) is 0 Å². The monoisotopic (exact) mass is 272 g/mol. The molecule has 0 aliphatic carbocycles. The average Bonchev–Trinajstić information content (AvgIpc) is 2.39. The molecule has 0 bridgehead atoms. The van der Waals surface area contributed by atoms with Gasteiger partial charge in [-0.25, -0.2) is 0 Å². The highest BCUT2D eigenvalue weighted by atomic mass is 16.5. The van der Waals surface area contributed by atoms with Crippen molar-refractivity contribution in [3.8, 4) is 0 Å². The highest BCUT2D eigenvalue weighted by molar-refractivity contribution is 5.73. The summed E-state index contributed by atoms with van der Waals surface area (Å²) in [5.41, 5.74) is 0.977. The van der Waals surface area contributed by atoms with Crippen LogP contribution in [0.25, 0.3) is 0 Å². The minimum atomic E-state index is -0.205. The van der Waals surface area contributed by atoms with Gasteiger partial charge in [0.05, 0.1) is 6.42 Å². The van der Waals surface area contributed by atoms with Crippen LogP contribution in [0.5, 0.6) is 0 Å². The van der Waals surface area contributed by atoms with Crippen molar-refractivity contribution in [2.75, 3.05) is 0 Å². The number of benzene rings is 1. The smallest absolute Gasteiger partial charge is 0.315 e. The first-order valence-electron chi connectivity index (χ1n) is 7.14. The van der Waals surface area contributed by atoms with Crippen LogP contribution in [0.2, 0.25) is 0 Å². The number of carbonyl (C=O) groups excluding carboxylic acids is 1. The van der Waals surface area contributed by atoms with Gasteiger partial charge in [0, 0.05) is 0 Å². The lowest BCUT2D eigenvalue weighted by atomic mass is 10.0. The van der Waals surface area contributed by atoms with Gasteiger partial charge in [-0.15, -0.1) is 6.58 Å². The molecule has 1 rings (SSSR count). The molecule has 0 aliphatic heterocycles. The highest BCUT2D eigenvalue weighted by Gasteiger charge is 2.05. The molecule has 1 aromatic carbocycles. The van der Waals surface area contributed by atoms with Crippen molar-refractivity contribution in [3.05, 3.63) is 60.4 Å². The summed E-state index contributed by atoms with van der Waals surface area (Å²) in [5, 5.41) is 0. The fourth-order valence-electron chi connectivity index (χ4n) is 1.99. The summed E-state index contributed by atoms with van der Waals surface area (Å²) in [6.07, 6.45) is 7.29. The lowest BCUT2D eigenvalue weighted by Crippen LogP contribution is -2.06. The Morgan fingerprint density at radius 3 is 2.70 bits per heavy atom. The van der Waals surface area contributed by atoms with Crippen molar-refractivity contribution >= 4 is 5.97 Å². The molecule has 0 aliphatic rings. The minimum Gasteiger partial charge on any atom is -0.431 e. The molecule has 1 aromatic rings. The quantitative estimate of drug-likeness (QED) is 0.390. The van der Waals surface area contributed by atoms with Crippen LogP contribution in [0.3, 0.4) is 0 Å². The van der Waals surface area contributed by atoms with Crippen LogP contribution in [0.4, 0.5) is 0 Å². The standard InChI is InChI=1S/C18H24O2/c1-4-9-15(2)10-8-11-16(3)20-18(19)14-17-12-6-5-7-13-17/h4-7,11-13,15H,1,8-10,14H2,2-3H3/b16-11+.